The van der Waals surface area contributed by atoms with Gasteiger partial charge in [0.2, 0.25) is 0 Å². The predicted octanol–water partition coefficient (Wildman–Crippen LogP) is 4.21. The van der Waals surface area contributed by atoms with Crippen molar-refractivity contribution in [3.8, 4) is 11.4 Å². The molecule has 0 amide bonds. The highest BCUT2D eigenvalue weighted by Gasteiger charge is 2.13. The van der Waals surface area contributed by atoms with Gasteiger partial charge in [0.15, 0.2) is 5.82 Å². The summed E-state index contributed by atoms with van der Waals surface area (Å²) in [6.45, 7) is 5.05. The predicted molar refractivity (Wildman–Crippen MR) is 78.1 cm³/mol. The molecule has 1 heterocycles. The molecule has 1 aromatic heterocycles. The summed E-state index contributed by atoms with van der Waals surface area (Å²) >= 11 is 9.61. The summed E-state index contributed by atoms with van der Waals surface area (Å²) in [4.78, 5) is 0. The second-order valence-electron chi connectivity index (χ2n) is 4.19. The summed E-state index contributed by atoms with van der Waals surface area (Å²) in [5, 5.41) is 9.95. The molecule has 2 rings (SSSR count). The SMILES string of the molecule is CCCn1c(CBr)nnc1-c1ccc(C)c(Cl)c1. The number of aryl methyl sites for hydroxylation is 1. The van der Waals surface area contributed by atoms with Crippen LogP contribution in [0.25, 0.3) is 11.4 Å². The van der Waals surface area contributed by atoms with Gasteiger partial charge < -0.3 is 4.57 Å². The van der Waals surface area contributed by atoms with Crippen molar-refractivity contribution in [1.82, 2.24) is 14.8 Å². The van der Waals surface area contributed by atoms with E-state index in [0.29, 0.717) is 5.33 Å². The fourth-order valence-corrected chi connectivity index (χ4v) is 2.43. The lowest BCUT2D eigenvalue weighted by molar-refractivity contribution is 0.661. The third-order valence-electron chi connectivity index (χ3n) is 2.82. The Bertz CT molecular complexity index is 551. The zero-order chi connectivity index (χ0) is 13.1. The van der Waals surface area contributed by atoms with Gasteiger partial charge in [-0.1, -0.05) is 46.6 Å². The molecule has 0 unspecified atom stereocenters. The third kappa shape index (κ3) is 2.59. The second-order valence-corrected chi connectivity index (χ2v) is 5.16. The molecule has 0 radical (unpaired) electrons. The number of alkyl halides is 1. The second kappa shape index (κ2) is 5.85. The first kappa shape index (κ1) is 13.6. The molecule has 0 saturated heterocycles. The van der Waals surface area contributed by atoms with Gasteiger partial charge >= 0.3 is 0 Å². The number of aromatic nitrogens is 3. The number of benzene rings is 1. The lowest BCUT2D eigenvalue weighted by Crippen LogP contribution is -2.03. The maximum atomic E-state index is 6.17. The van der Waals surface area contributed by atoms with Gasteiger partial charge in [0.05, 0.1) is 5.33 Å². The monoisotopic (exact) mass is 327 g/mol. The van der Waals surface area contributed by atoms with E-state index < -0.39 is 0 Å². The first-order chi connectivity index (χ1) is 8.67. The Morgan fingerprint density at radius 3 is 2.72 bits per heavy atom. The lowest BCUT2D eigenvalue weighted by atomic mass is 10.1. The fourth-order valence-electron chi connectivity index (χ4n) is 1.84. The van der Waals surface area contributed by atoms with Crippen molar-refractivity contribution in [2.75, 3.05) is 0 Å². The number of hydrogen-bond acceptors (Lipinski definition) is 2. The maximum absolute atomic E-state index is 6.17. The molecule has 3 nitrogen and oxygen atoms in total. The zero-order valence-electron chi connectivity index (χ0n) is 10.5. The summed E-state index contributed by atoms with van der Waals surface area (Å²) in [5.74, 6) is 1.83. The topological polar surface area (TPSA) is 30.7 Å². The number of halogens is 2. The molecule has 0 saturated carbocycles. The first-order valence-corrected chi connectivity index (χ1v) is 7.42. The third-order valence-corrected chi connectivity index (χ3v) is 3.73. The Morgan fingerprint density at radius 1 is 1.33 bits per heavy atom. The van der Waals surface area contributed by atoms with Gasteiger partial charge in [-0.2, -0.15) is 0 Å². The van der Waals surface area contributed by atoms with E-state index >= 15 is 0 Å². The molecule has 0 aliphatic heterocycles. The molecule has 0 N–H and O–H groups in total. The summed E-state index contributed by atoms with van der Waals surface area (Å²) in [6, 6.07) is 6.00. The molecular weight excluding hydrogens is 314 g/mol. The number of nitrogens with zero attached hydrogens (tertiary/aromatic N) is 3. The Balaban J connectivity index is 2.49. The van der Waals surface area contributed by atoms with E-state index in [4.69, 9.17) is 11.6 Å². The summed E-state index contributed by atoms with van der Waals surface area (Å²) in [6.07, 6.45) is 1.05. The molecule has 2 aromatic rings. The maximum Gasteiger partial charge on any atom is 0.164 e. The molecule has 96 valence electrons. The van der Waals surface area contributed by atoms with Crippen LogP contribution in [0, 0.1) is 6.92 Å². The van der Waals surface area contributed by atoms with Crippen molar-refractivity contribution < 1.29 is 0 Å². The van der Waals surface area contributed by atoms with Gasteiger partial charge in [0.1, 0.15) is 5.82 Å². The molecule has 0 aliphatic carbocycles. The van der Waals surface area contributed by atoms with E-state index in [9.17, 15) is 0 Å². The molecule has 5 heteroatoms. The van der Waals surface area contributed by atoms with Crippen LogP contribution in [0.15, 0.2) is 18.2 Å². The van der Waals surface area contributed by atoms with Crippen LogP contribution in [0.5, 0.6) is 0 Å². The minimum atomic E-state index is 0.708. The van der Waals surface area contributed by atoms with Crippen molar-refractivity contribution in [2.45, 2.75) is 32.1 Å². The Labute approximate surface area is 120 Å². The van der Waals surface area contributed by atoms with Crippen molar-refractivity contribution >= 4 is 27.5 Å². The van der Waals surface area contributed by atoms with Gasteiger partial charge in [-0.3, -0.25) is 0 Å². The van der Waals surface area contributed by atoms with Crippen LogP contribution >= 0.6 is 27.5 Å². The van der Waals surface area contributed by atoms with Crippen LogP contribution in [0.1, 0.15) is 24.7 Å². The fraction of sp³-hybridized carbons (Fsp3) is 0.385. The molecule has 0 atom stereocenters. The summed E-state index contributed by atoms with van der Waals surface area (Å²) in [5.41, 5.74) is 2.08. The van der Waals surface area contributed by atoms with Crippen LogP contribution in [0.4, 0.5) is 0 Å². The van der Waals surface area contributed by atoms with Gasteiger partial charge in [-0.25, -0.2) is 0 Å². The largest absolute Gasteiger partial charge is 0.310 e. The molecule has 0 spiro atoms. The molecular formula is C13H15BrClN3. The summed E-state index contributed by atoms with van der Waals surface area (Å²) in [7, 11) is 0. The molecule has 1 aromatic carbocycles. The standard InChI is InChI=1S/C13H15BrClN3/c1-3-6-18-12(8-14)16-17-13(18)10-5-4-9(2)11(15)7-10/h4-5,7H,3,6,8H2,1-2H3. The van der Waals surface area contributed by atoms with Gasteiger partial charge in [-0.05, 0) is 25.0 Å². The average molecular weight is 329 g/mol. The van der Waals surface area contributed by atoms with Crippen molar-refractivity contribution in [2.24, 2.45) is 0 Å². The zero-order valence-corrected chi connectivity index (χ0v) is 12.8. The van der Waals surface area contributed by atoms with E-state index in [-0.39, 0.29) is 0 Å². The number of hydrogen-bond donors (Lipinski definition) is 0. The van der Waals surface area contributed by atoms with Gasteiger partial charge in [0.25, 0.3) is 0 Å². The van der Waals surface area contributed by atoms with Gasteiger partial charge in [-0.15, -0.1) is 10.2 Å². The quantitative estimate of drug-likeness (QED) is 0.787. The van der Waals surface area contributed by atoms with Crippen LogP contribution < -0.4 is 0 Å². The Hall–Kier alpha value is -0.870. The van der Waals surface area contributed by atoms with Crippen molar-refractivity contribution in [3.63, 3.8) is 0 Å². The molecule has 0 aliphatic rings. The van der Waals surface area contributed by atoms with Crippen LogP contribution in [-0.2, 0) is 11.9 Å². The van der Waals surface area contributed by atoms with Gasteiger partial charge in [0, 0.05) is 17.1 Å². The highest BCUT2D eigenvalue weighted by molar-refractivity contribution is 9.08. The number of rotatable bonds is 4. The van der Waals surface area contributed by atoms with Crippen LogP contribution in [0.3, 0.4) is 0 Å². The highest BCUT2D eigenvalue weighted by Crippen LogP contribution is 2.25. The Kier molecular flexibility index (Phi) is 4.40. The van der Waals surface area contributed by atoms with E-state index in [1.807, 2.05) is 25.1 Å². The van der Waals surface area contributed by atoms with Crippen LogP contribution in [-0.4, -0.2) is 14.8 Å². The van der Waals surface area contributed by atoms with E-state index in [1.165, 1.54) is 0 Å². The van der Waals surface area contributed by atoms with E-state index in [0.717, 1.165) is 40.8 Å². The van der Waals surface area contributed by atoms with E-state index in [2.05, 4.69) is 37.6 Å². The molecule has 18 heavy (non-hydrogen) atoms. The summed E-state index contributed by atoms with van der Waals surface area (Å²) < 4.78 is 2.13. The normalized spacial score (nSPS) is 10.9. The van der Waals surface area contributed by atoms with Crippen molar-refractivity contribution in [1.29, 1.82) is 0 Å². The smallest absolute Gasteiger partial charge is 0.164 e. The van der Waals surface area contributed by atoms with Crippen molar-refractivity contribution in [3.05, 3.63) is 34.6 Å². The van der Waals surface area contributed by atoms with E-state index in [1.54, 1.807) is 0 Å². The molecule has 0 fully saturated rings. The minimum Gasteiger partial charge on any atom is -0.310 e. The minimum absolute atomic E-state index is 0.708. The molecule has 0 bridgehead atoms. The average Bonchev–Trinajstić information content (AvgIpc) is 2.76. The van der Waals surface area contributed by atoms with Crippen LogP contribution in [0.2, 0.25) is 5.02 Å². The first-order valence-electron chi connectivity index (χ1n) is 5.92. The lowest BCUT2D eigenvalue weighted by Gasteiger charge is -2.08. The Morgan fingerprint density at radius 2 is 2.11 bits per heavy atom. The highest BCUT2D eigenvalue weighted by atomic mass is 79.9.